The predicted octanol–water partition coefficient (Wildman–Crippen LogP) is 2.21. The van der Waals surface area contributed by atoms with Crippen molar-refractivity contribution in [2.75, 3.05) is 6.54 Å². The van der Waals surface area contributed by atoms with E-state index in [0.29, 0.717) is 10.6 Å². The summed E-state index contributed by atoms with van der Waals surface area (Å²) in [5, 5.41) is 2.86. The number of rotatable bonds is 7. The van der Waals surface area contributed by atoms with Crippen LogP contribution >= 0.6 is 11.6 Å². The predicted molar refractivity (Wildman–Crippen MR) is 101 cm³/mol. The maximum atomic E-state index is 13.5. The van der Waals surface area contributed by atoms with Gasteiger partial charge in [0.2, 0.25) is 5.91 Å². The summed E-state index contributed by atoms with van der Waals surface area (Å²) in [6.07, 6.45) is -1.10. The molecule has 0 spiro atoms. The molecular weight excluding hydrogens is 389 g/mol. The largest absolute Gasteiger partial charge is 0.478 e. The lowest BCUT2D eigenvalue weighted by atomic mass is 10.2. The first-order chi connectivity index (χ1) is 13.4. The highest BCUT2D eigenvalue weighted by atomic mass is 35.5. The van der Waals surface area contributed by atoms with E-state index in [0.717, 1.165) is 0 Å². The van der Waals surface area contributed by atoms with Crippen LogP contribution < -0.4 is 20.9 Å². The molecule has 0 radical (unpaired) electrons. The maximum absolute atomic E-state index is 13.5. The molecule has 0 heterocycles. The van der Waals surface area contributed by atoms with Crippen LogP contribution in [0.4, 0.5) is 4.39 Å². The fourth-order valence-electron chi connectivity index (χ4n) is 2.11. The van der Waals surface area contributed by atoms with Crippen molar-refractivity contribution in [1.29, 1.82) is 0 Å². The summed E-state index contributed by atoms with van der Waals surface area (Å²) in [5.41, 5.74) is 4.68. The van der Waals surface area contributed by atoms with Gasteiger partial charge in [0, 0.05) is 13.0 Å². The van der Waals surface area contributed by atoms with Gasteiger partial charge in [-0.05, 0) is 31.2 Å². The second-order valence-electron chi connectivity index (χ2n) is 5.71. The van der Waals surface area contributed by atoms with Crippen LogP contribution in [0.25, 0.3) is 0 Å². The van der Waals surface area contributed by atoms with Gasteiger partial charge in [-0.15, -0.1) is 0 Å². The molecule has 0 aromatic heterocycles. The summed E-state index contributed by atoms with van der Waals surface area (Å²) in [4.78, 5) is 35.6. The highest BCUT2D eigenvalue weighted by molar-refractivity contribution is 6.33. The zero-order chi connectivity index (χ0) is 20.5. The van der Waals surface area contributed by atoms with E-state index in [2.05, 4.69) is 16.2 Å². The summed E-state index contributed by atoms with van der Waals surface area (Å²) in [6.45, 7) is 1.46. The fourth-order valence-corrected chi connectivity index (χ4v) is 2.33. The molecule has 2 aromatic rings. The van der Waals surface area contributed by atoms with Crippen LogP contribution in [0.3, 0.4) is 0 Å². The maximum Gasteiger partial charge on any atom is 0.279 e. The van der Waals surface area contributed by atoms with Gasteiger partial charge < -0.3 is 10.1 Å². The molecule has 0 aliphatic heterocycles. The highest BCUT2D eigenvalue weighted by Crippen LogP contribution is 2.17. The van der Waals surface area contributed by atoms with Gasteiger partial charge in [0.05, 0.1) is 10.6 Å². The number of carbonyl (C=O) groups is 3. The Hall–Kier alpha value is -3.13. The topological polar surface area (TPSA) is 96.5 Å². The second-order valence-corrected chi connectivity index (χ2v) is 6.12. The van der Waals surface area contributed by atoms with E-state index in [1.807, 2.05) is 0 Å². The summed E-state index contributed by atoms with van der Waals surface area (Å²) in [5.74, 6) is -2.25. The van der Waals surface area contributed by atoms with Crippen LogP contribution in [-0.4, -0.2) is 30.4 Å². The van der Waals surface area contributed by atoms with Crippen LogP contribution in [-0.2, 0) is 9.59 Å². The Labute approximate surface area is 166 Å². The molecule has 0 aliphatic carbocycles. The number of hydrogen-bond acceptors (Lipinski definition) is 4. The molecule has 2 aromatic carbocycles. The Morgan fingerprint density at radius 1 is 1.07 bits per heavy atom. The summed E-state index contributed by atoms with van der Waals surface area (Å²) < 4.78 is 18.7. The van der Waals surface area contributed by atoms with E-state index in [-0.39, 0.29) is 18.7 Å². The van der Waals surface area contributed by atoms with E-state index in [9.17, 15) is 18.8 Å². The molecule has 9 heteroatoms. The molecule has 28 heavy (non-hydrogen) atoms. The van der Waals surface area contributed by atoms with Crippen LogP contribution in [0.5, 0.6) is 5.75 Å². The quantitative estimate of drug-likeness (QED) is 0.613. The molecule has 148 valence electrons. The zero-order valence-corrected chi connectivity index (χ0v) is 15.8. The SMILES string of the molecule is C[C@@H](Oc1ccccc1F)C(=O)NNC(=O)CCNC(=O)c1ccccc1Cl. The Bertz CT molecular complexity index is 863. The Balaban J connectivity index is 1.70. The van der Waals surface area contributed by atoms with Crippen LogP contribution in [0.2, 0.25) is 5.02 Å². The van der Waals surface area contributed by atoms with Gasteiger partial charge in [0.1, 0.15) is 0 Å². The van der Waals surface area contributed by atoms with Crippen LogP contribution in [0.15, 0.2) is 48.5 Å². The fraction of sp³-hybridized carbons (Fsp3) is 0.211. The molecule has 2 rings (SSSR count). The molecule has 0 saturated heterocycles. The summed E-state index contributed by atoms with van der Waals surface area (Å²) in [6, 6.07) is 12.2. The minimum atomic E-state index is -1.03. The van der Waals surface area contributed by atoms with E-state index >= 15 is 0 Å². The van der Waals surface area contributed by atoms with Crippen LogP contribution in [0, 0.1) is 5.82 Å². The van der Waals surface area contributed by atoms with Crippen LogP contribution in [0.1, 0.15) is 23.7 Å². The lowest BCUT2D eigenvalue weighted by molar-refractivity contribution is -0.132. The molecule has 7 nitrogen and oxygen atoms in total. The van der Waals surface area contributed by atoms with Gasteiger partial charge in [-0.25, -0.2) is 4.39 Å². The number of carbonyl (C=O) groups excluding carboxylic acids is 3. The second kappa shape index (κ2) is 10.3. The molecule has 0 fully saturated rings. The minimum absolute atomic E-state index is 0.0487. The van der Waals surface area contributed by atoms with Crippen molar-refractivity contribution in [3.05, 3.63) is 64.9 Å². The van der Waals surface area contributed by atoms with Crippen molar-refractivity contribution in [3.63, 3.8) is 0 Å². The summed E-state index contributed by atoms with van der Waals surface area (Å²) >= 11 is 5.92. The normalized spacial score (nSPS) is 11.2. The van der Waals surface area contributed by atoms with Gasteiger partial charge in [-0.1, -0.05) is 35.9 Å². The van der Waals surface area contributed by atoms with Crippen molar-refractivity contribution in [2.24, 2.45) is 0 Å². The standard InChI is InChI=1S/C19H19ClFN3O4/c1-12(28-16-9-5-4-8-15(16)21)18(26)24-23-17(25)10-11-22-19(27)13-6-2-3-7-14(13)20/h2-9,12H,10-11H2,1H3,(H,22,27)(H,23,25)(H,24,26)/t12-/m1/s1. The molecule has 3 amide bonds. The number of para-hydroxylation sites is 1. The van der Waals surface area contributed by atoms with Crippen molar-refractivity contribution in [3.8, 4) is 5.75 Å². The van der Waals surface area contributed by atoms with Crippen molar-refractivity contribution >= 4 is 29.3 Å². The molecule has 0 unspecified atom stereocenters. The molecule has 0 aliphatic rings. The number of ether oxygens (including phenoxy) is 1. The monoisotopic (exact) mass is 407 g/mol. The number of benzene rings is 2. The number of hydrogen-bond donors (Lipinski definition) is 3. The Morgan fingerprint density at radius 2 is 1.75 bits per heavy atom. The molecule has 0 saturated carbocycles. The van der Waals surface area contributed by atoms with Gasteiger partial charge in [-0.3, -0.25) is 25.2 Å². The average Bonchev–Trinajstić information content (AvgIpc) is 2.68. The Kier molecular flexibility index (Phi) is 7.76. The van der Waals surface area contributed by atoms with Crippen molar-refractivity contribution in [2.45, 2.75) is 19.4 Å². The van der Waals surface area contributed by atoms with Gasteiger partial charge in [0.25, 0.3) is 11.8 Å². The number of hydrazine groups is 1. The van der Waals surface area contributed by atoms with Crippen molar-refractivity contribution < 1.29 is 23.5 Å². The summed E-state index contributed by atoms with van der Waals surface area (Å²) in [7, 11) is 0. The number of halogens is 2. The van der Waals surface area contributed by atoms with Crippen molar-refractivity contribution in [1.82, 2.24) is 16.2 Å². The zero-order valence-electron chi connectivity index (χ0n) is 15.0. The third-order valence-electron chi connectivity index (χ3n) is 3.59. The molecular formula is C19H19ClFN3O4. The first-order valence-corrected chi connectivity index (χ1v) is 8.79. The van der Waals surface area contributed by atoms with E-state index in [4.69, 9.17) is 16.3 Å². The van der Waals surface area contributed by atoms with Gasteiger partial charge >= 0.3 is 0 Å². The Morgan fingerprint density at radius 3 is 2.46 bits per heavy atom. The van der Waals surface area contributed by atoms with Gasteiger partial charge in [-0.2, -0.15) is 0 Å². The third kappa shape index (κ3) is 6.24. The lowest BCUT2D eigenvalue weighted by Crippen LogP contribution is -2.47. The van der Waals surface area contributed by atoms with E-state index in [1.165, 1.54) is 25.1 Å². The smallest absolute Gasteiger partial charge is 0.279 e. The molecule has 3 N–H and O–H groups in total. The lowest BCUT2D eigenvalue weighted by Gasteiger charge is -2.15. The highest BCUT2D eigenvalue weighted by Gasteiger charge is 2.17. The van der Waals surface area contributed by atoms with E-state index in [1.54, 1.807) is 30.3 Å². The van der Waals surface area contributed by atoms with E-state index < -0.39 is 29.6 Å². The van der Waals surface area contributed by atoms with Gasteiger partial charge in [0.15, 0.2) is 17.7 Å². The third-order valence-corrected chi connectivity index (χ3v) is 3.92. The average molecular weight is 408 g/mol. The first-order valence-electron chi connectivity index (χ1n) is 8.41. The number of nitrogens with one attached hydrogen (secondary N) is 3. The first kappa shape index (κ1) is 21.2. The molecule has 0 bridgehead atoms. The number of amides is 3. The minimum Gasteiger partial charge on any atom is -0.478 e. The molecule has 1 atom stereocenters.